The topological polar surface area (TPSA) is 136 Å². The van der Waals surface area contributed by atoms with Crippen molar-refractivity contribution in [3.63, 3.8) is 0 Å². The van der Waals surface area contributed by atoms with Gasteiger partial charge in [0.05, 0.1) is 15.5 Å². The van der Waals surface area contributed by atoms with Gasteiger partial charge in [0.15, 0.2) is 0 Å². The van der Waals surface area contributed by atoms with Crippen LogP contribution in [0.5, 0.6) is 0 Å². The maximum Gasteiger partial charge on any atom is 0.329 e. The number of nitro groups is 2. The lowest BCUT2D eigenvalue weighted by Gasteiger charge is -2.22. The van der Waals surface area contributed by atoms with E-state index in [1.807, 2.05) is 0 Å². The molecule has 1 atom stereocenters. The van der Waals surface area contributed by atoms with E-state index in [1.165, 1.54) is 55.5 Å². The van der Waals surface area contributed by atoms with Crippen LogP contribution in [0.25, 0.3) is 0 Å². The molecule has 0 radical (unpaired) electrons. The maximum absolute atomic E-state index is 12.9. The van der Waals surface area contributed by atoms with Crippen LogP contribution in [0.15, 0.2) is 48.5 Å². The molecule has 2 aromatic rings. The SMILES string of the molecule is CC1(c2ccc([N+](=O)[O-])cc2)NC(=O)N(c2ccc([N+](=O)[O-])cc2)C1=O. The van der Waals surface area contributed by atoms with Crippen LogP contribution < -0.4 is 10.2 Å². The average molecular weight is 356 g/mol. The van der Waals surface area contributed by atoms with E-state index in [-0.39, 0.29) is 17.1 Å². The molecule has 1 aliphatic heterocycles. The van der Waals surface area contributed by atoms with Gasteiger partial charge in [-0.05, 0) is 36.8 Å². The van der Waals surface area contributed by atoms with Crippen LogP contribution in [0, 0.1) is 20.2 Å². The molecule has 26 heavy (non-hydrogen) atoms. The van der Waals surface area contributed by atoms with Gasteiger partial charge in [-0.25, -0.2) is 9.69 Å². The lowest BCUT2D eigenvalue weighted by Crippen LogP contribution is -2.40. The quantitative estimate of drug-likeness (QED) is 0.508. The van der Waals surface area contributed by atoms with E-state index in [9.17, 15) is 29.8 Å². The van der Waals surface area contributed by atoms with Crippen molar-refractivity contribution in [2.45, 2.75) is 12.5 Å². The maximum atomic E-state index is 12.9. The van der Waals surface area contributed by atoms with Gasteiger partial charge in [-0.15, -0.1) is 0 Å². The van der Waals surface area contributed by atoms with Gasteiger partial charge in [0.25, 0.3) is 17.3 Å². The summed E-state index contributed by atoms with van der Waals surface area (Å²) in [5, 5.41) is 24.0. The van der Waals surface area contributed by atoms with Crippen molar-refractivity contribution in [3.05, 3.63) is 74.3 Å². The largest absolute Gasteiger partial charge is 0.329 e. The molecule has 3 rings (SSSR count). The number of nitrogens with one attached hydrogen (secondary N) is 1. The first-order valence-corrected chi connectivity index (χ1v) is 7.40. The lowest BCUT2D eigenvalue weighted by atomic mass is 9.92. The molecular weight excluding hydrogens is 344 g/mol. The number of benzene rings is 2. The molecule has 10 nitrogen and oxygen atoms in total. The fourth-order valence-corrected chi connectivity index (χ4v) is 2.71. The Morgan fingerprint density at radius 3 is 1.81 bits per heavy atom. The first-order chi connectivity index (χ1) is 12.2. The molecule has 0 aromatic heterocycles. The summed E-state index contributed by atoms with van der Waals surface area (Å²) in [6.45, 7) is 1.49. The van der Waals surface area contributed by atoms with E-state index in [0.29, 0.717) is 5.56 Å². The number of hydrogen-bond donors (Lipinski definition) is 1. The molecule has 2 aromatic carbocycles. The predicted molar refractivity (Wildman–Crippen MR) is 89.6 cm³/mol. The second kappa shape index (κ2) is 5.92. The molecule has 1 heterocycles. The monoisotopic (exact) mass is 356 g/mol. The van der Waals surface area contributed by atoms with Crippen molar-refractivity contribution in [1.82, 2.24) is 5.32 Å². The molecule has 0 bridgehead atoms. The molecule has 132 valence electrons. The van der Waals surface area contributed by atoms with Gasteiger partial charge in [0.1, 0.15) is 5.54 Å². The van der Waals surface area contributed by atoms with Crippen molar-refractivity contribution in [2.24, 2.45) is 0 Å². The first kappa shape index (κ1) is 17.0. The Balaban J connectivity index is 1.94. The number of urea groups is 1. The van der Waals surface area contributed by atoms with Crippen molar-refractivity contribution in [1.29, 1.82) is 0 Å². The van der Waals surface area contributed by atoms with Gasteiger partial charge < -0.3 is 5.32 Å². The van der Waals surface area contributed by atoms with Crippen LogP contribution in [-0.4, -0.2) is 21.8 Å². The molecule has 0 aliphatic carbocycles. The molecule has 1 fully saturated rings. The molecule has 1 aliphatic rings. The Bertz CT molecular complexity index is 925. The highest BCUT2D eigenvalue weighted by molar-refractivity contribution is 6.23. The number of nitrogens with zero attached hydrogens (tertiary/aromatic N) is 3. The van der Waals surface area contributed by atoms with Crippen molar-refractivity contribution in [3.8, 4) is 0 Å². The second-order valence-corrected chi connectivity index (χ2v) is 5.77. The van der Waals surface area contributed by atoms with E-state index in [1.54, 1.807) is 0 Å². The molecule has 10 heteroatoms. The zero-order valence-corrected chi connectivity index (χ0v) is 13.4. The predicted octanol–water partition coefficient (Wildman–Crippen LogP) is 2.47. The van der Waals surface area contributed by atoms with Gasteiger partial charge in [0, 0.05) is 24.3 Å². The van der Waals surface area contributed by atoms with Gasteiger partial charge in [-0.2, -0.15) is 0 Å². The minimum Gasteiger partial charge on any atom is -0.319 e. The third-order valence-corrected chi connectivity index (χ3v) is 4.17. The summed E-state index contributed by atoms with van der Waals surface area (Å²) >= 11 is 0. The molecule has 0 spiro atoms. The molecule has 0 saturated carbocycles. The number of rotatable bonds is 4. The van der Waals surface area contributed by atoms with Gasteiger partial charge in [-0.1, -0.05) is 0 Å². The van der Waals surface area contributed by atoms with Gasteiger partial charge >= 0.3 is 6.03 Å². The summed E-state index contributed by atoms with van der Waals surface area (Å²) in [6, 6.07) is 9.59. The fourth-order valence-electron chi connectivity index (χ4n) is 2.71. The number of non-ortho nitro benzene ring substituents is 2. The fraction of sp³-hybridized carbons (Fsp3) is 0.125. The van der Waals surface area contributed by atoms with E-state index >= 15 is 0 Å². The molecule has 1 saturated heterocycles. The highest BCUT2D eigenvalue weighted by atomic mass is 16.6. The molecule has 3 amide bonds. The van der Waals surface area contributed by atoms with Crippen molar-refractivity contribution >= 4 is 29.0 Å². The molecule has 1 unspecified atom stereocenters. The Kier molecular flexibility index (Phi) is 3.87. The Labute approximate surface area is 146 Å². The van der Waals surface area contributed by atoms with Gasteiger partial charge in [-0.3, -0.25) is 25.0 Å². The summed E-state index contributed by atoms with van der Waals surface area (Å²) in [5.41, 5.74) is -1.15. The molecule has 1 N–H and O–H groups in total. The Morgan fingerprint density at radius 2 is 1.35 bits per heavy atom. The Hall–Kier alpha value is -3.82. The van der Waals surface area contributed by atoms with Crippen molar-refractivity contribution < 1.29 is 19.4 Å². The van der Waals surface area contributed by atoms with E-state index in [4.69, 9.17) is 0 Å². The standard InChI is InChI=1S/C16H12N4O6/c1-16(10-2-4-12(5-3-10)19(23)24)14(21)18(15(22)17-16)11-6-8-13(9-7-11)20(25)26/h2-9H,1H3,(H,17,22). The summed E-state index contributed by atoms with van der Waals surface area (Å²) in [6.07, 6.45) is 0. The number of imide groups is 1. The van der Waals surface area contributed by atoms with E-state index < -0.39 is 27.3 Å². The smallest absolute Gasteiger partial charge is 0.319 e. The normalized spacial score (nSPS) is 19.3. The Morgan fingerprint density at radius 1 is 0.885 bits per heavy atom. The third-order valence-electron chi connectivity index (χ3n) is 4.17. The zero-order valence-electron chi connectivity index (χ0n) is 13.4. The number of nitro benzene ring substituents is 2. The van der Waals surface area contributed by atoms with E-state index in [0.717, 1.165) is 4.90 Å². The van der Waals surface area contributed by atoms with Crippen LogP contribution in [0.2, 0.25) is 0 Å². The zero-order chi connectivity index (χ0) is 19.1. The highest BCUT2D eigenvalue weighted by Gasteiger charge is 2.49. The van der Waals surface area contributed by atoms with Crippen LogP contribution in [0.3, 0.4) is 0 Å². The lowest BCUT2D eigenvalue weighted by molar-refractivity contribution is -0.385. The summed E-state index contributed by atoms with van der Waals surface area (Å²) in [4.78, 5) is 46.4. The van der Waals surface area contributed by atoms with Crippen LogP contribution in [0.4, 0.5) is 21.9 Å². The third kappa shape index (κ3) is 2.62. The summed E-state index contributed by atoms with van der Waals surface area (Å²) in [7, 11) is 0. The van der Waals surface area contributed by atoms with Crippen LogP contribution >= 0.6 is 0 Å². The van der Waals surface area contributed by atoms with Crippen molar-refractivity contribution in [2.75, 3.05) is 4.90 Å². The summed E-state index contributed by atoms with van der Waals surface area (Å²) in [5.74, 6) is -0.592. The minimum absolute atomic E-state index is 0.138. The summed E-state index contributed by atoms with van der Waals surface area (Å²) < 4.78 is 0. The number of amides is 3. The van der Waals surface area contributed by atoms with E-state index in [2.05, 4.69) is 5.32 Å². The number of carbonyl (C=O) groups is 2. The van der Waals surface area contributed by atoms with Crippen LogP contribution in [0.1, 0.15) is 12.5 Å². The number of carbonyl (C=O) groups excluding carboxylic acids is 2. The number of hydrogen-bond acceptors (Lipinski definition) is 6. The van der Waals surface area contributed by atoms with Gasteiger partial charge in [0.2, 0.25) is 0 Å². The minimum atomic E-state index is -1.41. The second-order valence-electron chi connectivity index (χ2n) is 5.77. The molecular formula is C16H12N4O6. The first-order valence-electron chi connectivity index (χ1n) is 7.40. The highest BCUT2D eigenvalue weighted by Crippen LogP contribution is 2.33. The average Bonchev–Trinajstić information content (AvgIpc) is 2.85. The van der Waals surface area contributed by atoms with Crippen LogP contribution in [-0.2, 0) is 10.3 Å². The number of anilines is 1.